The van der Waals surface area contributed by atoms with Crippen LogP contribution in [0.3, 0.4) is 0 Å². The van der Waals surface area contributed by atoms with Gasteiger partial charge in [-0.1, -0.05) is 64.7 Å². The number of ether oxygens (including phenoxy) is 1. The van der Waals surface area contributed by atoms with E-state index >= 15 is 0 Å². The molecule has 1 aromatic rings. The summed E-state index contributed by atoms with van der Waals surface area (Å²) >= 11 is 12.1. The van der Waals surface area contributed by atoms with Crippen LogP contribution >= 0.6 is 39.3 Å². The highest BCUT2D eigenvalue weighted by Gasteiger charge is 2.76. The molecule has 3 unspecified atom stereocenters. The van der Waals surface area contributed by atoms with Gasteiger partial charge in [-0.05, 0) is 57.1 Å². The molecule has 3 fully saturated rings. The number of rotatable bonds is 16. The third-order valence-electron chi connectivity index (χ3n) is 8.69. The highest BCUT2D eigenvalue weighted by atomic mass is 79.9. The van der Waals surface area contributed by atoms with Crippen molar-refractivity contribution in [3.8, 4) is 0 Å². The first-order chi connectivity index (χ1) is 20.2. The van der Waals surface area contributed by atoms with E-state index in [1.165, 1.54) is 0 Å². The van der Waals surface area contributed by atoms with Gasteiger partial charge in [-0.3, -0.25) is 14.4 Å². The first-order valence-corrected chi connectivity index (χ1v) is 17.1. The van der Waals surface area contributed by atoms with Gasteiger partial charge in [0.25, 0.3) is 5.91 Å². The molecular weight excluding hydrogens is 640 g/mol. The summed E-state index contributed by atoms with van der Waals surface area (Å²) in [6.45, 7) is 10.6. The number of aryl methyl sites for hydroxylation is 1. The summed E-state index contributed by atoms with van der Waals surface area (Å²) in [7, 11) is 0. The Labute approximate surface area is 267 Å². The van der Waals surface area contributed by atoms with Gasteiger partial charge in [0.2, 0.25) is 5.91 Å². The summed E-state index contributed by atoms with van der Waals surface area (Å²) in [5, 5.41) is 9.50. The smallest absolute Gasteiger partial charge is 0.310 e. The summed E-state index contributed by atoms with van der Waals surface area (Å²) in [5.74, 6) is -1.95. The van der Waals surface area contributed by atoms with Crippen molar-refractivity contribution < 1.29 is 24.2 Å². The van der Waals surface area contributed by atoms with Gasteiger partial charge < -0.3 is 19.6 Å². The fourth-order valence-electron chi connectivity index (χ4n) is 6.86. The molecule has 230 valence electrons. The molecule has 0 radical (unpaired) electrons. The molecule has 0 aliphatic carbocycles. The van der Waals surface area contributed by atoms with Crippen molar-refractivity contribution >= 4 is 62.8 Å². The van der Waals surface area contributed by atoms with Crippen LogP contribution in [0.2, 0.25) is 5.02 Å². The van der Waals surface area contributed by atoms with Gasteiger partial charge in [0.15, 0.2) is 0 Å². The Hall–Kier alpha value is -1.81. The number of nitrogens with zero attached hydrogens (tertiary/aromatic N) is 2. The number of esters is 1. The van der Waals surface area contributed by atoms with Gasteiger partial charge in [-0.2, -0.15) is 0 Å². The average Bonchev–Trinajstić information content (AvgIpc) is 3.55. The summed E-state index contributed by atoms with van der Waals surface area (Å²) in [5.41, 5.74) is 1.47. The first-order valence-electron chi connectivity index (χ1n) is 14.9. The summed E-state index contributed by atoms with van der Waals surface area (Å²) in [6, 6.07) is 4.76. The number of amides is 2. The van der Waals surface area contributed by atoms with E-state index in [4.69, 9.17) is 16.3 Å². The van der Waals surface area contributed by atoms with Crippen molar-refractivity contribution in [2.45, 2.75) is 79.2 Å². The van der Waals surface area contributed by atoms with Crippen LogP contribution in [-0.2, 0) is 19.1 Å². The molecule has 3 aliphatic heterocycles. The standard InChI is InChI=1S/C32H42BrClN2O5S/c1-4-6-7-12-19-41-31(40)24-25-29(38)36(17-10-8-9-11-18-37)28(32(25)20-22(33)27(24)42-32)30(39)35(16-5-2)26-21(3)14-13-15-23(26)34/h4-5,13-15,22,24-25,27-28,37H,1-2,6-12,16-20H2,3H3/t22?,24-,25+,27-,28?,32?/m1/s1. The van der Waals surface area contributed by atoms with Gasteiger partial charge in [0.1, 0.15) is 6.04 Å². The van der Waals surface area contributed by atoms with Crippen LogP contribution in [0.25, 0.3) is 0 Å². The van der Waals surface area contributed by atoms with Crippen LogP contribution < -0.4 is 4.90 Å². The number of aliphatic hydroxyl groups excluding tert-OH is 1. The minimum atomic E-state index is -0.765. The minimum absolute atomic E-state index is 0.0282. The van der Waals surface area contributed by atoms with Crippen LogP contribution in [0, 0.1) is 18.8 Å². The van der Waals surface area contributed by atoms with Gasteiger partial charge >= 0.3 is 5.97 Å². The number of hydrogen-bond donors (Lipinski definition) is 1. The lowest BCUT2D eigenvalue weighted by Crippen LogP contribution is -2.55. The van der Waals surface area contributed by atoms with E-state index in [1.807, 2.05) is 25.1 Å². The predicted octanol–water partition coefficient (Wildman–Crippen LogP) is 6.08. The van der Waals surface area contributed by atoms with Crippen molar-refractivity contribution in [1.82, 2.24) is 4.90 Å². The summed E-state index contributed by atoms with van der Waals surface area (Å²) in [6.07, 6.45) is 9.67. The second kappa shape index (κ2) is 14.8. The number of carbonyl (C=O) groups is 3. The van der Waals surface area contributed by atoms with Crippen molar-refractivity contribution in [2.24, 2.45) is 11.8 Å². The van der Waals surface area contributed by atoms with Crippen LogP contribution in [0.1, 0.15) is 56.9 Å². The Bertz CT molecular complexity index is 1160. The molecule has 4 rings (SSSR count). The largest absolute Gasteiger partial charge is 0.465 e. The fourth-order valence-corrected chi connectivity index (χ4v) is 10.8. The maximum Gasteiger partial charge on any atom is 0.310 e. The molecule has 7 nitrogen and oxygen atoms in total. The number of aliphatic hydroxyl groups is 1. The Balaban J connectivity index is 1.69. The molecule has 6 atom stereocenters. The number of fused-ring (bicyclic) bond motifs is 1. The predicted molar refractivity (Wildman–Crippen MR) is 173 cm³/mol. The number of para-hydroxylation sites is 1. The molecule has 42 heavy (non-hydrogen) atoms. The van der Waals surface area contributed by atoms with E-state index in [9.17, 15) is 19.5 Å². The highest BCUT2D eigenvalue weighted by molar-refractivity contribution is 9.09. The average molecular weight is 682 g/mol. The normalized spacial score (nSPS) is 27.7. The van der Waals surface area contributed by atoms with Gasteiger partial charge in [0.05, 0.1) is 33.9 Å². The third kappa shape index (κ3) is 6.35. The Morgan fingerprint density at radius 3 is 2.67 bits per heavy atom. The van der Waals surface area contributed by atoms with Crippen molar-refractivity contribution in [2.75, 3.05) is 31.2 Å². The zero-order valence-corrected chi connectivity index (χ0v) is 27.5. The molecule has 3 heterocycles. The number of halogens is 2. The molecule has 2 bridgehead atoms. The van der Waals surface area contributed by atoms with E-state index in [2.05, 4.69) is 29.1 Å². The molecule has 10 heteroatoms. The fraction of sp³-hybridized carbons (Fsp3) is 0.594. The number of thioether (sulfide) groups is 1. The molecule has 1 spiro atoms. The number of unbranched alkanes of at least 4 members (excludes halogenated alkanes) is 5. The zero-order chi connectivity index (χ0) is 30.4. The van der Waals surface area contributed by atoms with Gasteiger partial charge in [-0.15, -0.1) is 24.9 Å². The molecule has 3 aliphatic rings. The summed E-state index contributed by atoms with van der Waals surface area (Å²) in [4.78, 5) is 46.0. The minimum Gasteiger partial charge on any atom is -0.465 e. The third-order valence-corrected chi connectivity index (χ3v) is 12.2. The number of anilines is 1. The Morgan fingerprint density at radius 2 is 1.98 bits per heavy atom. The van der Waals surface area contributed by atoms with Crippen molar-refractivity contribution in [3.63, 3.8) is 0 Å². The molecule has 1 N–H and O–H groups in total. The number of benzene rings is 1. The number of alkyl halides is 1. The van der Waals surface area contributed by atoms with Crippen LogP contribution in [0.4, 0.5) is 5.69 Å². The van der Waals surface area contributed by atoms with E-state index in [0.717, 1.165) is 37.7 Å². The van der Waals surface area contributed by atoms with E-state index in [-0.39, 0.29) is 41.0 Å². The van der Waals surface area contributed by atoms with Gasteiger partial charge in [0, 0.05) is 29.8 Å². The molecule has 1 aromatic carbocycles. The van der Waals surface area contributed by atoms with Crippen LogP contribution in [-0.4, -0.2) is 75.0 Å². The first kappa shape index (κ1) is 33.1. The second-order valence-electron chi connectivity index (χ2n) is 11.4. The van der Waals surface area contributed by atoms with Crippen LogP contribution in [0.5, 0.6) is 0 Å². The summed E-state index contributed by atoms with van der Waals surface area (Å²) < 4.78 is 4.98. The lowest BCUT2D eigenvalue weighted by atomic mass is 9.71. The molecule has 0 aromatic heterocycles. The molecule has 0 saturated carbocycles. The molecular formula is C32H42BrClN2O5S. The van der Waals surface area contributed by atoms with E-state index in [1.54, 1.807) is 33.7 Å². The lowest BCUT2D eigenvalue weighted by Gasteiger charge is -2.38. The molecule has 3 saturated heterocycles. The monoisotopic (exact) mass is 680 g/mol. The van der Waals surface area contributed by atoms with E-state index in [0.29, 0.717) is 43.1 Å². The molecule has 2 amide bonds. The quantitative estimate of drug-likeness (QED) is 0.0985. The maximum atomic E-state index is 14.8. The SMILES string of the molecule is C=CCCCCOC(=O)[C@H]1[C@@H]2SC3(CC2Br)C(C(=O)N(CC=C)c2c(C)cccc2Cl)N(CCCCCCO)C(=O)[C@H]13. The Kier molecular flexibility index (Phi) is 11.6. The number of likely N-dealkylation sites (tertiary alicyclic amines) is 1. The van der Waals surface area contributed by atoms with Crippen molar-refractivity contribution in [3.05, 3.63) is 54.1 Å². The maximum absolute atomic E-state index is 14.8. The highest BCUT2D eigenvalue weighted by Crippen LogP contribution is 2.68. The lowest BCUT2D eigenvalue weighted by molar-refractivity contribution is -0.154. The zero-order valence-electron chi connectivity index (χ0n) is 24.3. The number of hydrogen-bond acceptors (Lipinski definition) is 6. The van der Waals surface area contributed by atoms with Crippen molar-refractivity contribution in [1.29, 1.82) is 0 Å². The van der Waals surface area contributed by atoms with Crippen LogP contribution in [0.15, 0.2) is 43.5 Å². The van der Waals surface area contributed by atoms with E-state index < -0.39 is 22.6 Å². The van der Waals surface area contributed by atoms with Gasteiger partial charge in [-0.25, -0.2) is 0 Å². The second-order valence-corrected chi connectivity index (χ2v) is 14.6. The Morgan fingerprint density at radius 1 is 1.21 bits per heavy atom. The number of carbonyl (C=O) groups excluding carboxylic acids is 3. The number of allylic oxidation sites excluding steroid dienone is 1. The topological polar surface area (TPSA) is 87.2 Å².